The van der Waals surface area contributed by atoms with Gasteiger partial charge in [-0.2, -0.15) is 0 Å². The van der Waals surface area contributed by atoms with Crippen LogP contribution in [0.3, 0.4) is 0 Å². The summed E-state index contributed by atoms with van der Waals surface area (Å²) in [5.41, 5.74) is 0. The Morgan fingerprint density at radius 1 is 1.00 bits per heavy atom. The molecule has 0 aliphatic carbocycles. The van der Waals surface area contributed by atoms with Gasteiger partial charge in [0.25, 0.3) is 0 Å². The molecule has 0 N–H and O–H groups in total. The van der Waals surface area contributed by atoms with E-state index in [-0.39, 0.29) is 0 Å². The molecule has 0 heterocycles. The van der Waals surface area contributed by atoms with Crippen LogP contribution in [0.25, 0.3) is 0 Å². The number of hydrogen-bond acceptors (Lipinski definition) is 0. The molecule has 0 fully saturated rings. The first-order chi connectivity index (χ1) is 4.56. The van der Waals surface area contributed by atoms with Gasteiger partial charge in [-0.15, -0.1) is 0 Å². The van der Waals surface area contributed by atoms with Crippen molar-refractivity contribution in [1.29, 1.82) is 0 Å². The van der Waals surface area contributed by atoms with Gasteiger partial charge in [0, 0.05) is 13.4 Å². The van der Waals surface area contributed by atoms with Crippen LogP contribution in [0.15, 0.2) is 0 Å². The molecule has 10 heavy (non-hydrogen) atoms. The van der Waals surface area contributed by atoms with E-state index in [0.717, 1.165) is 0 Å². The zero-order valence-corrected chi connectivity index (χ0v) is 10.00. The molecule has 0 saturated carbocycles. The quantitative estimate of drug-likeness (QED) is 0.377. The highest BCUT2D eigenvalue weighted by atomic mass is 79.9. The Balaban J connectivity index is 3.04. The van der Waals surface area contributed by atoms with Crippen LogP contribution >= 0.6 is 15.9 Å². The van der Waals surface area contributed by atoms with E-state index in [4.69, 9.17) is 0 Å². The summed E-state index contributed by atoms with van der Waals surface area (Å²) >= 11 is 3.44. The average Bonchev–Trinajstić information content (AvgIpc) is 1.78. The topological polar surface area (TPSA) is 0 Å². The predicted octanol–water partition coefficient (Wildman–Crippen LogP) is 3.89. The average molecular weight is 223 g/mol. The van der Waals surface area contributed by atoms with Crippen LogP contribution in [0.5, 0.6) is 0 Å². The molecule has 0 rings (SSSR count). The smallest absolute Gasteiger partial charge is 0.0442 e. The normalized spacial score (nSPS) is 12.0. The monoisotopic (exact) mass is 222 g/mol. The Bertz CT molecular complexity index is 75.8. The zero-order valence-electron chi connectivity index (χ0n) is 7.41. The molecule has 0 amide bonds. The fraction of sp³-hybridized carbons (Fsp3) is 1.00. The molecule has 0 radical (unpaired) electrons. The maximum Gasteiger partial charge on any atom is 0.0442 e. The Morgan fingerprint density at radius 3 is 2.00 bits per heavy atom. The minimum atomic E-state index is -0.723. The second-order valence-corrected chi connectivity index (χ2v) is 10.5. The summed E-state index contributed by atoms with van der Waals surface area (Å²) in [4.78, 5) is 0. The van der Waals surface area contributed by atoms with Crippen molar-refractivity contribution in [3.8, 4) is 0 Å². The molecular formula is C8H19BrSi. The maximum atomic E-state index is 3.44. The molecule has 0 nitrogen and oxygen atoms in total. The summed E-state index contributed by atoms with van der Waals surface area (Å²) in [6.45, 7) is 7.34. The minimum Gasteiger partial charge on any atom is -0.0928 e. The van der Waals surface area contributed by atoms with E-state index in [1.807, 2.05) is 0 Å². The standard InChI is InChI=1S/C8H19BrSi/c1-10(2,3)8-6-4-5-7-9/h4-8H2,1-3H3. The molecular weight excluding hydrogens is 204 g/mol. The van der Waals surface area contributed by atoms with Gasteiger partial charge in [-0.25, -0.2) is 0 Å². The Labute approximate surface area is 74.5 Å². The molecule has 0 unspecified atom stereocenters. The van der Waals surface area contributed by atoms with E-state index < -0.39 is 8.07 Å². The molecule has 0 aliphatic rings. The molecule has 0 aliphatic heterocycles. The lowest BCUT2D eigenvalue weighted by atomic mass is 10.3. The van der Waals surface area contributed by atoms with Gasteiger partial charge in [-0.1, -0.05) is 54.5 Å². The SMILES string of the molecule is C[Si](C)(C)CCCCCBr. The number of unbranched alkanes of at least 4 members (excludes halogenated alkanes) is 2. The van der Waals surface area contributed by atoms with Gasteiger partial charge in [-0.05, 0) is 6.42 Å². The lowest BCUT2D eigenvalue weighted by Gasteiger charge is -2.14. The predicted molar refractivity (Wildman–Crippen MR) is 55.8 cm³/mol. The van der Waals surface area contributed by atoms with Gasteiger partial charge in [-0.3, -0.25) is 0 Å². The third-order valence-electron chi connectivity index (χ3n) is 1.56. The van der Waals surface area contributed by atoms with E-state index in [9.17, 15) is 0 Å². The molecule has 2 heteroatoms. The third-order valence-corrected chi connectivity index (χ3v) is 3.97. The highest BCUT2D eigenvalue weighted by Crippen LogP contribution is 2.13. The van der Waals surface area contributed by atoms with Crippen molar-refractivity contribution >= 4 is 24.0 Å². The van der Waals surface area contributed by atoms with E-state index >= 15 is 0 Å². The summed E-state index contributed by atoms with van der Waals surface area (Å²) in [5, 5.41) is 1.18. The van der Waals surface area contributed by atoms with Crippen molar-refractivity contribution in [1.82, 2.24) is 0 Å². The second kappa shape index (κ2) is 5.36. The first-order valence-corrected chi connectivity index (χ1v) is 8.95. The summed E-state index contributed by atoms with van der Waals surface area (Å²) in [6.07, 6.45) is 4.21. The third kappa shape index (κ3) is 8.70. The van der Waals surface area contributed by atoms with Crippen LogP contribution in [-0.4, -0.2) is 13.4 Å². The lowest BCUT2D eigenvalue weighted by Crippen LogP contribution is -2.18. The van der Waals surface area contributed by atoms with Gasteiger partial charge < -0.3 is 0 Å². The van der Waals surface area contributed by atoms with Crippen LogP contribution < -0.4 is 0 Å². The molecule has 0 aromatic rings. The summed E-state index contributed by atoms with van der Waals surface area (Å²) < 4.78 is 0. The van der Waals surface area contributed by atoms with Crippen LogP contribution in [0.1, 0.15) is 19.3 Å². The van der Waals surface area contributed by atoms with Gasteiger partial charge >= 0.3 is 0 Å². The summed E-state index contributed by atoms with van der Waals surface area (Å²) in [6, 6.07) is 1.50. The number of hydrogen-bond donors (Lipinski definition) is 0. The highest BCUT2D eigenvalue weighted by Gasteiger charge is 2.10. The van der Waals surface area contributed by atoms with Crippen molar-refractivity contribution in [3.63, 3.8) is 0 Å². The van der Waals surface area contributed by atoms with E-state index in [0.29, 0.717) is 0 Å². The highest BCUT2D eigenvalue weighted by molar-refractivity contribution is 9.09. The Kier molecular flexibility index (Phi) is 5.73. The second-order valence-electron chi connectivity index (χ2n) is 4.06. The molecule has 0 aromatic carbocycles. The van der Waals surface area contributed by atoms with Crippen molar-refractivity contribution in [3.05, 3.63) is 0 Å². The zero-order chi connectivity index (χ0) is 8.04. The molecule has 0 spiro atoms. The molecule has 62 valence electrons. The van der Waals surface area contributed by atoms with E-state index in [1.165, 1.54) is 30.6 Å². The molecule has 0 saturated heterocycles. The summed E-state index contributed by atoms with van der Waals surface area (Å²) in [5.74, 6) is 0. The molecule has 0 bridgehead atoms. The Morgan fingerprint density at radius 2 is 1.60 bits per heavy atom. The van der Waals surface area contributed by atoms with Crippen LogP contribution in [0.2, 0.25) is 25.7 Å². The van der Waals surface area contributed by atoms with Crippen LogP contribution in [-0.2, 0) is 0 Å². The van der Waals surface area contributed by atoms with Crippen molar-refractivity contribution < 1.29 is 0 Å². The Hall–Kier alpha value is 0.697. The summed E-state index contributed by atoms with van der Waals surface area (Å²) in [7, 11) is -0.723. The van der Waals surface area contributed by atoms with Crippen molar-refractivity contribution in [2.75, 3.05) is 5.33 Å². The van der Waals surface area contributed by atoms with Gasteiger partial charge in [0.15, 0.2) is 0 Å². The van der Waals surface area contributed by atoms with Gasteiger partial charge in [0.05, 0.1) is 0 Å². The number of halogens is 1. The first-order valence-electron chi connectivity index (χ1n) is 4.12. The van der Waals surface area contributed by atoms with E-state index in [2.05, 4.69) is 35.6 Å². The van der Waals surface area contributed by atoms with Crippen LogP contribution in [0, 0.1) is 0 Å². The van der Waals surface area contributed by atoms with Crippen LogP contribution in [0.4, 0.5) is 0 Å². The maximum absolute atomic E-state index is 3.44. The van der Waals surface area contributed by atoms with Gasteiger partial charge in [0.1, 0.15) is 0 Å². The molecule has 0 aromatic heterocycles. The van der Waals surface area contributed by atoms with E-state index in [1.54, 1.807) is 0 Å². The number of alkyl halides is 1. The molecule has 0 atom stereocenters. The first kappa shape index (κ1) is 10.7. The lowest BCUT2D eigenvalue weighted by molar-refractivity contribution is 0.772. The number of rotatable bonds is 5. The fourth-order valence-corrected chi connectivity index (χ4v) is 2.63. The van der Waals surface area contributed by atoms with Crippen molar-refractivity contribution in [2.24, 2.45) is 0 Å². The van der Waals surface area contributed by atoms with Gasteiger partial charge in [0.2, 0.25) is 0 Å². The fourth-order valence-electron chi connectivity index (χ4n) is 0.927. The largest absolute Gasteiger partial charge is 0.0928 e. The van der Waals surface area contributed by atoms with Crippen molar-refractivity contribution in [2.45, 2.75) is 44.9 Å². The minimum absolute atomic E-state index is 0.723.